The highest BCUT2D eigenvalue weighted by Crippen LogP contribution is 2.12. The van der Waals surface area contributed by atoms with Gasteiger partial charge in [-0.3, -0.25) is 9.78 Å². The summed E-state index contributed by atoms with van der Waals surface area (Å²) in [6.45, 7) is 0. The van der Waals surface area contributed by atoms with Crippen LogP contribution in [0.1, 0.15) is 5.56 Å². The molecule has 0 unspecified atom stereocenters. The molecular weight excluding hydrogens is 218 g/mol. The number of nitrogen functional groups attached to an aromatic ring is 1. The van der Waals surface area contributed by atoms with Crippen molar-refractivity contribution in [2.24, 2.45) is 0 Å². The van der Waals surface area contributed by atoms with Gasteiger partial charge in [0.2, 0.25) is 5.95 Å². The standard InChI is InChI=1S/C11H9N5O/c12-5-7-1-3-8(4-2-7)15-11-14-6-9(13)10(17)16-11/h1-4,6H,13H2,(H2,14,15,16,17). The van der Waals surface area contributed by atoms with E-state index in [0.29, 0.717) is 11.5 Å². The number of hydrogen-bond donors (Lipinski definition) is 3. The van der Waals surface area contributed by atoms with E-state index in [4.69, 9.17) is 11.0 Å². The second kappa shape index (κ2) is 4.37. The molecule has 2 rings (SSSR count). The van der Waals surface area contributed by atoms with E-state index >= 15 is 0 Å². The molecule has 17 heavy (non-hydrogen) atoms. The Balaban J connectivity index is 2.23. The Bertz CT molecular complexity index is 624. The summed E-state index contributed by atoms with van der Waals surface area (Å²) in [5.74, 6) is 0.300. The van der Waals surface area contributed by atoms with Crippen molar-refractivity contribution >= 4 is 17.3 Å². The zero-order chi connectivity index (χ0) is 12.3. The predicted octanol–water partition coefficient (Wildman–Crippen LogP) is 0.967. The van der Waals surface area contributed by atoms with Crippen molar-refractivity contribution in [3.8, 4) is 6.07 Å². The number of benzene rings is 1. The summed E-state index contributed by atoms with van der Waals surface area (Å²) >= 11 is 0. The van der Waals surface area contributed by atoms with Crippen LogP contribution in [0.3, 0.4) is 0 Å². The van der Waals surface area contributed by atoms with Crippen LogP contribution in [0.2, 0.25) is 0 Å². The van der Waals surface area contributed by atoms with Crippen molar-refractivity contribution in [3.05, 3.63) is 46.4 Å². The van der Waals surface area contributed by atoms with Gasteiger partial charge in [0.05, 0.1) is 17.8 Å². The molecular formula is C11H9N5O. The lowest BCUT2D eigenvalue weighted by atomic mass is 10.2. The number of nitrogens with zero attached hydrogens (tertiary/aromatic N) is 2. The minimum atomic E-state index is -0.392. The molecule has 6 nitrogen and oxygen atoms in total. The fraction of sp³-hybridized carbons (Fsp3) is 0. The molecule has 1 heterocycles. The molecule has 2 aromatic rings. The SMILES string of the molecule is N#Cc1ccc(Nc2ncc(N)c(=O)[nH]2)cc1. The van der Waals surface area contributed by atoms with Gasteiger partial charge in [0.1, 0.15) is 5.69 Å². The number of nitriles is 1. The quantitative estimate of drug-likeness (QED) is 0.708. The van der Waals surface area contributed by atoms with E-state index in [1.165, 1.54) is 6.20 Å². The van der Waals surface area contributed by atoms with Crippen LogP contribution < -0.4 is 16.6 Å². The maximum atomic E-state index is 11.2. The third-order valence-electron chi connectivity index (χ3n) is 2.10. The van der Waals surface area contributed by atoms with E-state index in [2.05, 4.69) is 15.3 Å². The smallest absolute Gasteiger partial charge is 0.275 e. The molecule has 0 aliphatic carbocycles. The van der Waals surface area contributed by atoms with Gasteiger partial charge in [-0.2, -0.15) is 5.26 Å². The van der Waals surface area contributed by atoms with Crippen molar-refractivity contribution in [2.75, 3.05) is 11.1 Å². The summed E-state index contributed by atoms with van der Waals surface area (Å²) in [7, 11) is 0. The fourth-order valence-corrected chi connectivity index (χ4v) is 1.23. The maximum Gasteiger partial charge on any atom is 0.275 e. The molecule has 0 saturated carbocycles. The lowest BCUT2D eigenvalue weighted by Gasteiger charge is -2.04. The Morgan fingerprint density at radius 1 is 1.35 bits per heavy atom. The van der Waals surface area contributed by atoms with Crippen LogP contribution in [0.5, 0.6) is 0 Å². The highest BCUT2D eigenvalue weighted by molar-refractivity contribution is 5.55. The number of anilines is 3. The predicted molar refractivity (Wildman–Crippen MR) is 63.7 cm³/mol. The van der Waals surface area contributed by atoms with Gasteiger partial charge in [-0.1, -0.05) is 0 Å². The van der Waals surface area contributed by atoms with Crippen LogP contribution in [0, 0.1) is 11.3 Å². The van der Waals surface area contributed by atoms with E-state index < -0.39 is 5.56 Å². The first-order chi connectivity index (χ1) is 8.19. The summed E-state index contributed by atoms with van der Waals surface area (Å²) in [5, 5.41) is 11.5. The van der Waals surface area contributed by atoms with Crippen molar-refractivity contribution < 1.29 is 0 Å². The average molecular weight is 227 g/mol. The summed E-state index contributed by atoms with van der Waals surface area (Å²) < 4.78 is 0. The van der Waals surface area contributed by atoms with E-state index in [-0.39, 0.29) is 5.69 Å². The van der Waals surface area contributed by atoms with Crippen LogP contribution in [-0.2, 0) is 0 Å². The van der Waals surface area contributed by atoms with E-state index in [1.54, 1.807) is 24.3 Å². The van der Waals surface area contributed by atoms with Crippen LogP contribution in [0.4, 0.5) is 17.3 Å². The van der Waals surface area contributed by atoms with Gasteiger partial charge < -0.3 is 11.1 Å². The molecule has 0 radical (unpaired) electrons. The highest BCUT2D eigenvalue weighted by Gasteiger charge is 1.99. The van der Waals surface area contributed by atoms with Gasteiger partial charge in [-0.25, -0.2) is 4.98 Å². The second-order valence-corrected chi connectivity index (χ2v) is 3.33. The number of aromatic amines is 1. The minimum absolute atomic E-state index is 0.0652. The summed E-state index contributed by atoms with van der Waals surface area (Å²) in [6.07, 6.45) is 1.28. The van der Waals surface area contributed by atoms with Crippen molar-refractivity contribution in [3.63, 3.8) is 0 Å². The zero-order valence-corrected chi connectivity index (χ0v) is 8.77. The number of aromatic nitrogens is 2. The fourth-order valence-electron chi connectivity index (χ4n) is 1.23. The molecule has 0 aliphatic heterocycles. The highest BCUT2D eigenvalue weighted by atomic mass is 16.1. The van der Waals surface area contributed by atoms with Gasteiger partial charge in [0, 0.05) is 5.69 Å². The van der Waals surface area contributed by atoms with E-state index in [1.807, 2.05) is 6.07 Å². The third-order valence-corrected chi connectivity index (χ3v) is 2.10. The van der Waals surface area contributed by atoms with Crippen LogP contribution in [0.25, 0.3) is 0 Å². The Morgan fingerprint density at radius 3 is 2.65 bits per heavy atom. The number of hydrogen-bond acceptors (Lipinski definition) is 5. The van der Waals surface area contributed by atoms with Crippen molar-refractivity contribution in [1.29, 1.82) is 5.26 Å². The Kier molecular flexibility index (Phi) is 2.75. The maximum absolute atomic E-state index is 11.2. The lowest BCUT2D eigenvalue weighted by Crippen LogP contribution is -2.14. The van der Waals surface area contributed by atoms with Crippen LogP contribution >= 0.6 is 0 Å². The molecule has 84 valence electrons. The molecule has 0 atom stereocenters. The molecule has 0 aliphatic rings. The molecule has 0 amide bonds. The molecule has 1 aromatic heterocycles. The molecule has 6 heteroatoms. The average Bonchev–Trinajstić information content (AvgIpc) is 2.35. The molecule has 1 aromatic carbocycles. The molecule has 0 fully saturated rings. The molecule has 0 saturated heterocycles. The first kappa shape index (κ1) is 10.7. The normalized spacial score (nSPS) is 9.59. The largest absolute Gasteiger partial charge is 0.393 e. The van der Waals surface area contributed by atoms with Gasteiger partial charge in [-0.05, 0) is 24.3 Å². The monoisotopic (exact) mass is 227 g/mol. The number of rotatable bonds is 2. The second-order valence-electron chi connectivity index (χ2n) is 3.33. The van der Waals surface area contributed by atoms with Gasteiger partial charge in [-0.15, -0.1) is 0 Å². The third kappa shape index (κ3) is 2.41. The van der Waals surface area contributed by atoms with Gasteiger partial charge in [0.25, 0.3) is 5.56 Å². The van der Waals surface area contributed by atoms with E-state index in [0.717, 1.165) is 5.69 Å². The van der Waals surface area contributed by atoms with Gasteiger partial charge in [0.15, 0.2) is 0 Å². The van der Waals surface area contributed by atoms with Crippen molar-refractivity contribution in [1.82, 2.24) is 9.97 Å². The number of nitrogens with one attached hydrogen (secondary N) is 2. The van der Waals surface area contributed by atoms with Crippen LogP contribution in [0.15, 0.2) is 35.3 Å². The summed E-state index contributed by atoms with van der Waals surface area (Å²) in [5.41, 5.74) is 6.31. The minimum Gasteiger partial charge on any atom is -0.393 e. The Morgan fingerprint density at radius 2 is 2.06 bits per heavy atom. The lowest BCUT2D eigenvalue weighted by molar-refractivity contribution is 1.13. The first-order valence-corrected chi connectivity index (χ1v) is 4.81. The zero-order valence-electron chi connectivity index (χ0n) is 8.77. The van der Waals surface area contributed by atoms with Gasteiger partial charge >= 0.3 is 0 Å². The molecule has 0 spiro atoms. The van der Waals surface area contributed by atoms with E-state index in [9.17, 15) is 4.79 Å². The Hall–Kier alpha value is -2.81. The van der Waals surface area contributed by atoms with Crippen LogP contribution in [-0.4, -0.2) is 9.97 Å². The molecule has 4 N–H and O–H groups in total. The Labute approximate surface area is 96.7 Å². The van der Waals surface area contributed by atoms with Crippen molar-refractivity contribution in [2.45, 2.75) is 0 Å². The first-order valence-electron chi connectivity index (χ1n) is 4.81. The number of H-pyrrole nitrogens is 1. The summed E-state index contributed by atoms with van der Waals surface area (Å²) in [6, 6.07) is 8.78. The topological polar surface area (TPSA) is 108 Å². The molecule has 0 bridgehead atoms. The summed E-state index contributed by atoms with van der Waals surface area (Å²) in [4.78, 5) is 17.6. The number of nitrogens with two attached hydrogens (primary N) is 1.